The molecule has 6 aromatic rings. The Bertz CT molecular complexity index is 4090. The first-order valence-electron chi connectivity index (χ1n) is 33.0. The van der Waals surface area contributed by atoms with Gasteiger partial charge < -0.3 is 78.5 Å². The molecule has 6 heterocycles. The molecule has 7 atom stereocenters. The van der Waals surface area contributed by atoms with Crippen LogP contribution in [-0.4, -0.2) is 213 Å². The number of aliphatic carboxylic acids is 1. The zero-order valence-corrected chi connectivity index (χ0v) is 56.8. The number of nitrogens with one attached hydrogen (secondary N) is 2. The number of carboxylic acids is 2. The Morgan fingerprint density at radius 2 is 1.56 bits per heavy atom. The molecule has 4 aliphatic carbocycles. The minimum absolute atomic E-state index is 0.0184. The number of imide groups is 1. The lowest BCUT2D eigenvalue weighted by Gasteiger charge is -2.69. The fourth-order valence-corrected chi connectivity index (χ4v) is 17.1. The lowest BCUT2D eigenvalue weighted by atomic mass is 9.39. The van der Waals surface area contributed by atoms with Crippen LogP contribution in [0.2, 0.25) is 0 Å². The number of methoxy groups -OCH3 is 2. The number of amides is 5. The summed E-state index contributed by atoms with van der Waals surface area (Å²) in [5.74, 6) is -3.67. The number of hydrogen-bond acceptors (Lipinski definition) is 23. The molecule has 532 valence electrons. The Hall–Kier alpha value is -9.14. The van der Waals surface area contributed by atoms with Gasteiger partial charge in [-0.1, -0.05) is 37.3 Å². The van der Waals surface area contributed by atoms with E-state index in [2.05, 4.69) is 29.5 Å². The number of para-hydroxylation sites is 1. The van der Waals surface area contributed by atoms with E-state index in [1.807, 2.05) is 46.8 Å². The van der Waals surface area contributed by atoms with Crippen molar-refractivity contribution in [1.29, 1.82) is 0 Å². The number of ether oxygens (including phenoxy) is 8. The van der Waals surface area contributed by atoms with Crippen LogP contribution in [0.25, 0.3) is 21.3 Å². The number of aromatic nitrogens is 4. The third-order valence-corrected chi connectivity index (χ3v) is 20.5. The molecule has 29 nitrogen and oxygen atoms in total. The van der Waals surface area contributed by atoms with Crippen LogP contribution in [0.15, 0.2) is 85.1 Å². The number of aromatic carboxylic acids is 1. The van der Waals surface area contributed by atoms with Gasteiger partial charge in [0.15, 0.2) is 16.9 Å². The second kappa shape index (κ2) is 29.2. The molecule has 4 bridgehead atoms. The van der Waals surface area contributed by atoms with Gasteiger partial charge in [-0.25, -0.2) is 24.4 Å². The number of carbonyl (C=O) groups is 7. The highest BCUT2D eigenvalue weighted by atomic mass is 32.1. The fourth-order valence-electron chi connectivity index (χ4n) is 16.3. The molecule has 3 aromatic carbocycles. The van der Waals surface area contributed by atoms with Crippen LogP contribution in [0.4, 0.5) is 15.7 Å². The molecular weight excluding hydrogens is 1320 g/mol. The van der Waals surface area contributed by atoms with Crippen molar-refractivity contribution in [2.75, 3.05) is 90.2 Å². The van der Waals surface area contributed by atoms with E-state index in [4.69, 9.17) is 48.0 Å². The van der Waals surface area contributed by atoms with Gasteiger partial charge in [0.1, 0.15) is 61.1 Å². The zero-order valence-electron chi connectivity index (χ0n) is 56.0. The summed E-state index contributed by atoms with van der Waals surface area (Å²) in [5, 5.41) is 62.8. The van der Waals surface area contributed by atoms with Crippen molar-refractivity contribution in [2.24, 2.45) is 16.2 Å². The van der Waals surface area contributed by atoms with Crippen molar-refractivity contribution in [3.8, 4) is 28.4 Å². The highest BCUT2D eigenvalue weighted by Crippen LogP contribution is 2.72. The monoisotopic (exact) mass is 1400 g/mol. The van der Waals surface area contributed by atoms with E-state index in [-0.39, 0.29) is 105 Å². The molecule has 30 heteroatoms. The van der Waals surface area contributed by atoms with E-state index in [0.29, 0.717) is 58.5 Å². The molecule has 100 heavy (non-hydrogen) atoms. The molecule has 4 saturated carbocycles. The van der Waals surface area contributed by atoms with Gasteiger partial charge >= 0.3 is 18.0 Å². The summed E-state index contributed by atoms with van der Waals surface area (Å²) in [5.41, 5.74) is 4.04. The summed E-state index contributed by atoms with van der Waals surface area (Å²) in [6.07, 6.45) is -0.455. The van der Waals surface area contributed by atoms with Crippen molar-refractivity contribution in [3.63, 3.8) is 0 Å². The Kier molecular flexibility index (Phi) is 20.7. The van der Waals surface area contributed by atoms with Crippen LogP contribution in [0.1, 0.15) is 95.6 Å². The first kappa shape index (κ1) is 70.7. The number of rotatable bonds is 29. The number of carbonyl (C=O) groups excluding carboxylic acids is 5. The number of anilines is 2. The second-order valence-corrected chi connectivity index (χ2v) is 28.4. The standard InChI is InChI=1S/C70H81N9O20S/c1-40-46(44-13-15-52(74-56(44)62(87)88)77-20-18-43-47(30-77)45(12-14-49(43)93-5)61(86)75-65-73-48-8-6-7-9-51(48)100-65)29-72-79(40)39-69-34-67(2)33-68(3,35-69)37-70(36-67,38-69)97-25-22-76(21-24-92-4)66(91)96-32-41-10-11-42(98-64-59(85)57(83)58(84)60(99-64)63(89)90)28-50(41)95-27-26-94-23-19-71-53(80)31-78-54(81)16-17-55(78)82/h6-17,28-29,57-60,64,83-85H,18-27,30-39H2,1-5H3,(H,71,80)(H,87,88)(H,89,90)(H,73,75,86)/t57-,58-,59+,60-,64+,67?,68?,69?,70?/m0/s1. The number of carboxylic acid groups (broad SMARTS) is 2. The van der Waals surface area contributed by atoms with E-state index in [0.717, 1.165) is 82.6 Å². The zero-order chi connectivity index (χ0) is 70.8. The number of benzene rings is 3. The largest absolute Gasteiger partial charge is 0.496 e. The van der Waals surface area contributed by atoms with Crippen molar-refractivity contribution < 1.29 is 97.0 Å². The fraction of sp³-hybridized carbons (Fsp3) is 0.486. The molecule has 5 fully saturated rings. The number of aliphatic hydroxyl groups is 3. The van der Waals surface area contributed by atoms with Crippen molar-refractivity contribution in [3.05, 3.63) is 119 Å². The van der Waals surface area contributed by atoms with E-state index in [1.165, 1.54) is 41.5 Å². The lowest BCUT2D eigenvalue weighted by Crippen LogP contribution is -2.64. The van der Waals surface area contributed by atoms with E-state index >= 15 is 0 Å². The molecule has 5 amide bonds. The molecule has 7 N–H and O–H groups in total. The third kappa shape index (κ3) is 15.1. The SMILES string of the molecule is COCCN(CCOC12CC3(C)CC(C)(CC(Cn4ncc(-c5ccc(N6CCc7c(OC)ccc(C(=O)Nc8nc9ccccc9s8)c7C6)nc5C(=O)O)c4C)(C3)C1)C2)C(=O)OCc1ccc(O[C@@H]2O[C@H](C(=O)O)[C@@H](O)[C@H](O)[C@H]2O)cc1OCCOCCNC(=O)CN1C(=O)C=CC1=O. The van der Waals surface area contributed by atoms with E-state index < -0.39 is 78.6 Å². The normalized spacial score (nSPS) is 25.1. The highest BCUT2D eigenvalue weighted by Gasteiger charge is 2.66. The quantitative estimate of drug-likeness (QED) is 0.0225. The maximum Gasteiger partial charge on any atom is 0.410 e. The van der Waals surface area contributed by atoms with Crippen LogP contribution in [0, 0.1) is 23.2 Å². The summed E-state index contributed by atoms with van der Waals surface area (Å²) in [7, 11) is 3.12. The average Bonchev–Trinajstić information content (AvgIpc) is 0.801. The van der Waals surface area contributed by atoms with E-state index in [1.54, 1.807) is 31.5 Å². The maximum atomic E-state index is 14.2. The van der Waals surface area contributed by atoms with Gasteiger partial charge in [0, 0.05) is 98.1 Å². The molecule has 0 spiro atoms. The lowest BCUT2D eigenvalue weighted by molar-refractivity contribution is -0.271. The molecule has 2 unspecified atom stereocenters. The number of hydrogen-bond donors (Lipinski definition) is 7. The Morgan fingerprint density at radius 1 is 0.800 bits per heavy atom. The maximum absolute atomic E-state index is 14.2. The minimum atomic E-state index is -1.95. The number of fused-ring (bicyclic) bond motifs is 2. The molecule has 3 aromatic heterocycles. The molecule has 13 rings (SSSR count). The number of thiazole rings is 1. The summed E-state index contributed by atoms with van der Waals surface area (Å²) < 4.78 is 50.0. The molecule has 7 aliphatic rings. The summed E-state index contributed by atoms with van der Waals surface area (Å²) in [6.45, 7) is 7.79. The number of aliphatic hydroxyl groups excluding tert-OH is 3. The minimum Gasteiger partial charge on any atom is -0.496 e. The van der Waals surface area contributed by atoms with Gasteiger partial charge in [-0.3, -0.25) is 34.1 Å². The predicted molar refractivity (Wildman–Crippen MR) is 358 cm³/mol. The molecule has 3 aliphatic heterocycles. The van der Waals surface area contributed by atoms with Crippen molar-refractivity contribution in [1.82, 2.24) is 34.9 Å². The summed E-state index contributed by atoms with van der Waals surface area (Å²) in [4.78, 5) is 103. The number of pyridine rings is 1. The Balaban J connectivity index is 0.696. The van der Waals surface area contributed by atoms with Gasteiger partial charge in [-0.05, 0) is 122 Å². The van der Waals surface area contributed by atoms with Gasteiger partial charge in [0.05, 0.1) is 55.6 Å². The Morgan fingerprint density at radius 3 is 2.29 bits per heavy atom. The highest BCUT2D eigenvalue weighted by molar-refractivity contribution is 7.22. The molecular formula is C70H81N9O20S. The van der Waals surface area contributed by atoms with Gasteiger partial charge in [-0.2, -0.15) is 5.10 Å². The topological polar surface area (TPSA) is 372 Å². The van der Waals surface area contributed by atoms with Crippen LogP contribution in [0.5, 0.6) is 17.2 Å². The average molecular weight is 1400 g/mol. The van der Waals surface area contributed by atoms with Crippen LogP contribution >= 0.6 is 11.3 Å². The third-order valence-electron chi connectivity index (χ3n) is 19.6. The van der Waals surface area contributed by atoms with Crippen LogP contribution < -0.4 is 29.7 Å². The van der Waals surface area contributed by atoms with Gasteiger partial charge in [0.2, 0.25) is 12.2 Å². The first-order valence-corrected chi connectivity index (χ1v) is 33.8. The van der Waals surface area contributed by atoms with Crippen molar-refractivity contribution in [2.45, 2.75) is 122 Å². The van der Waals surface area contributed by atoms with E-state index in [9.17, 15) is 59.1 Å². The van der Waals surface area contributed by atoms with Crippen LogP contribution in [0.3, 0.4) is 0 Å². The van der Waals surface area contributed by atoms with Crippen molar-refractivity contribution >= 4 is 74.2 Å². The smallest absolute Gasteiger partial charge is 0.410 e. The molecule has 0 radical (unpaired) electrons. The first-order chi connectivity index (χ1) is 47.9. The summed E-state index contributed by atoms with van der Waals surface area (Å²) >= 11 is 1.39. The predicted octanol–water partition coefficient (Wildman–Crippen LogP) is 5.51. The molecule has 1 saturated heterocycles. The van der Waals surface area contributed by atoms with Gasteiger partial charge in [0.25, 0.3) is 17.7 Å². The summed E-state index contributed by atoms with van der Waals surface area (Å²) in [6, 6.07) is 19.1. The number of nitrogens with zero attached hydrogens (tertiary/aromatic N) is 7. The Labute approximate surface area is 578 Å². The van der Waals surface area contributed by atoms with Crippen LogP contribution in [-0.2, 0) is 69.0 Å². The van der Waals surface area contributed by atoms with Gasteiger partial charge in [-0.15, -0.1) is 0 Å². The second-order valence-electron chi connectivity index (χ2n) is 27.3.